The lowest BCUT2D eigenvalue weighted by molar-refractivity contribution is -0.126. The number of nitrogens with zero attached hydrogens (tertiary/aromatic N) is 1. The molecule has 5 nitrogen and oxygen atoms in total. The van der Waals surface area contributed by atoms with E-state index in [4.69, 9.17) is 4.74 Å². The third-order valence-corrected chi connectivity index (χ3v) is 3.76. The summed E-state index contributed by atoms with van der Waals surface area (Å²) in [5.74, 6) is -0.334. The second-order valence-electron chi connectivity index (χ2n) is 5.17. The molecular weight excluding hydrogens is 268 g/mol. The number of anilines is 1. The predicted octanol–water partition coefficient (Wildman–Crippen LogP) is 1.36. The summed E-state index contributed by atoms with van der Waals surface area (Å²) in [5, 5.41) is 2.80. The number of methoxy groups -OCH3 is 1. The van der Waals surface area contributed by atoms with Crippen molar-refractivity contribution in [3.8, 4) is 0 Å². The maximum atomic E-state index is 12.2. The molecule has 0 radical (unpaired) electrons. The maximum Gasteiger partial charge on any atom is 0.227 e. The number of ether oxygens (including phenoxy) is 1. The van der Waals surface area contributed by atoms with Crippen molar-refractivity contribution in [2.45, 2.75) is 19.8 Å². The van der Waals surface area contributed by atoms with E-state index in [0.29, 0.717) is 19.7 Å². The molecule has 21 heavy (non-hydrogen) atoms. The SMILES string of the molecule is CCc1ccccc1N1C[C@@H](C(=O)NCCOC)CC1=O. The van der Waals surface area contributed by atoms with Crippen LogP contribution in [-0.4, -0.2) is 38.6 Å². The van der Waals surface area contributed by atoms with Gasteiger partial charge in [0.05, 0.1) is 12.5 Å². The molecule has 1 aliphatic rings. The highest BCUT2D eigenvalue weighted by Crippen LogP contribution is 2.28. The van der Waals surface area contributed by atoms with Crippen LogP contribution < -0.4 is 10.2 Å². The number of nitrogens with one attached hydrogen (secondary N) is 1. The number of aryl methyl sites for hydroxylation is 1. The van der Waals surface area contributed by atoms with Gasteiger partial charge in [0.1, 0.15) is 0 Å². The monoisotopic (exact) mass is 290 g/mol. The quantitative estimate of drug-likeness (QED) is 0.805. The molecule has 0 spiro atoms. The Labute approximate surface area is 125 Å². The Balaban J connectivity index is 2.04. The fourth-order valence-electron chi connectivity index (χ4n) is 2.61. The van der Waals surface area contributed by atoms with E-state index in [0.717, 1.165) is 17.7 Å². The maximum absolute atomic E-state index is 12.2. The number of hydrogen-bond acceptors (Lipinski definition) is 3. The first-order chi connectivity index (χ1) is 10.2. The molecule has 0 saturated carbocycles. The summed E-state index contributed by atoms with van der Waals surface area (Å²) in [6.45, 7) is 3.48. The smallest absolute Gasteiger partial charge is 0.227 e. The highest BCUT2D eigenvalue weighted by Gasteiger charge is 2.35. The van der Waals surface area contributed by atoms with Crippen LogP contribution in [-0.2, 0) is 20.7 Å². The molecule has 1 aromatic rings. The summed E-state index contributed by atoms with van der Waals surface area (Å²) in [5.41, 5.74) is 2.06. The highest BCUT2D eigenvalue weighted by molar-refractivity contribution is 6.00. The van der Waals surface area contributed by atoms with Crippen molar-refractivity contribution >= 4 is 17.5 Å². The lowest BCUT2D eigenvalue weighted by atomic mass is 10.1. The van der Waals surface area contributed by atoms with Crippen LogP contribution in [0.3, 0.4) is 0 Å². The van der Waals surface area contributed by atoms with E-state index in [1.165, 1.54) is 0 Å². The fraction of sp³-hybridized carbons (Fsp3) is 0.500. The van der Waals surface area contributed by atoms with Crippen molar-refractivity contribution in [2.75, 3.05) is 31.7 Å². The minimum absolute atomic E-state index is 0.0165. The number of hydrogen-bond donors (Lipinski definition) is 1. The van der Waals surface area contributed by atoms with Gasteiger partial charge < -0.3 is 15.0 Å². The van der Waals surface area contributed by atoms with Gasteiger partial charge in [0.15, 0.2) is 0 Å². The van der Waals surface area contributed by atoms with Gasteiger partial charge in [0.2, 0.25) is 11.8 Å². The van der Waals surface area contributed by atoms with Crippen molar-refractivity contribution in [1.29, 1.82) is 0 Å². The number of benzene rings is 1. The molecule has 0 bridgehead atoms. The van der Waals surface area contributed by atoms with E-state index >= 15 is 0 Å². The summed E-state index contributed by atoms with van der Waals surface area (Å²) in [4.78, 5) is 26.0. The molecule has 1 saturated heterocycles. The van der Waals surface area contributed by atoms with Gasteiger partial charge in [-0.15, -0.1) is 0 Å². The van der Waals surface area contributed by atoms with Crippen molar-refractivity contribution in [2.24, 2.45) is 5.92 Å². The first-order valence-electron chi connectivity index (χ1n) is 7.32. The molecule has 0 aliphatic carbocycles. The summed E-state index contributed by atoms with van der Waals surface area (Å²) in [6, 6.07) is 7.86. The van der Waals surface area contributed by atoms with Gasteiger partial charge in [-0.25, -0.2) is 0 Å². The summed E-state index contributed by atoms with van der Waals surface area (Å²) >= 11 is 0. The number of para-hydroxylation sites is 1. The largest absolute Gasteiger partial charge is 0.383 e. The Morgan fingerprint density at radius 1 is 1.43 bits per heavy atom. The van der Waals surface area contributed by atoms with E-state index in [1.807, 2.05) is 24.3 Å². The summed E-state index contributed by atoms with van der Waals surface area (Å²) < 4.78 is 4.90. The van der Waals surface area contributed by atoms with Crippen LogP contribution in [0.15, 0.2) is 24.3 Å². The van der Waals surface area contributed by atoms with Crippen LogP contribution in [0, 0.1) is 5.92 Å². The minimum Gasteiger partial charge on any atom is -0.383 e. The number of rotatable bonds is 6. The summed E-state index contributed by atoms with van der Waals surface area (Å²) in [6.07, 6.45) is 1.14. The Kier molecular flexibility index (Phi) is 5.33. The highest BCUT2D eigenvalue weighted by atomic mass is 16.5. The molecule has 0 aromatic heterocycles. The zero-order chi connectivity index (χ0) is 15.2. The third kappa shape index (κ3) is 3.61. The van der Waals surface area contributed by atoms with Crippen LogP contribution in [0.4, 0.5) is 5.69 Å². The second kappa shape index (κ2) is 7.22. The molecule has 1 heterocycles. The molecule has 1 atom stereocenters. The van der Waals surface area contributed by atoms with E-state index in [-0.39, 0.29) is 24.2 Å². The van der Waals surface area contributed by atoms with Gasteiger partial charge in [0, 0.05) is 32.3 Å². The number of amides is 2. The van der Waals surface area contributed by atoms with Gasteiger partial charge in [-0.2, -0.15) is 0 Å². The van der Waals surface area contributed by atoms with E-state index < -0.39 is 0 Å². The van der Waals surface area contributed by atoms with Gasteiger partial charge >= 0.3 is 0 Å². The van der Waals surface area contributed by atoms with Crippen molar-refractivity contribution in [1.82, 2.24) is 5.32 Å². The summed E-state index contributed by atoms with van der Waals surface area (Å²) in [7, 11) is 1.59. The van der Waals surface area contributed by atoms with E-state index in [1.54, 1.807) is 12.0 Å². The van der Waals surface area contributed by atoms with Gasteiger partial charge in [-0.1, -0.05) is 25.1 Å². The average Bonchev–Trinajstić information content (AvgIpc) is 2.89. The second-order valence-corrected chi connectivity index (χ2v) is 5.17. The van der Waals surface area contributed by atoms with Crippen molar-refractivity contribution in [3.63, 3.8) is 0 Å². The molecule has 1 aromatic carbocycles. The lowest BCUT2D eigenvalue weighted by Gasteiger charge is -2.19. The number of carbonyl (C=O) groups excluding carboxylic acids is 2. The van der Waals surface area contributed by atoms with Gasteiger partial charge in [0.25, 0.3) is 0 Å². The molecule has 2 amide bonds. The van der Waals surface area contributed by atoms with E-state index in [9.17, 15) is 9.59 Å². The van der Waals surface area contributed by atoms with Crippen LogP contribution in [0.5, 0.6) is 0 Å². The number of carbonyl (C=O) groups is 2. The Bertz CT molecular complexity index is 516. The van der Waals surface area contributed by atoms with Crippen molar-refractivity contribution < 1.29 is 14.3 Å². The Hall–Kier alpha value is -1.88. The van der Waals surface area contributed by atoms with Crippen LogP contribution in [0.25, 0.3) is 0 Å². The Morgan fingerprint density at radius 3 is 2.90 bits per heavy atom. The topological polar surface area (TPSA) is 58.6 Å². The van der Waals surface area contributed by atoms with E-state index in [2.05, 4.69) is 12.2 Å². The standard InChI is InChI=1S/C16H22N2O3/c1-3-12-6-4-5-7-14(12)18-11-13(10-15(18)19)16(20)17-8-9-21-2/h4-7,13H,3,8-11H2,1-2H3,(H,17,20)/t13-/m0/s1. The molecular formula is C16H22N2O3. The molecule has 114 valence electrons. The minimum atomic E-state index is -0.278. The van der Waals surface area contributed by atoms with Gasteiger partial charge in [-0.3, -0.25) is 9.59 Å². The molecule has 1 N–H and O–H groups in total. The van der Waals surface area contributed by atoms with Crippen molar-refractivity contribution in [3.05, 3.63) is 29.8 Å². The molecule has 5 heteroatoms. The van der Waals surface area contributed by atoms with Crippen LogP contribution >= 0.6 is 0 Å². The van der Waals surface area contributed by atoms with Crippen LogP contribution in [0.2, 0.25) is 0 Å². The first-order valence-corrected chi connectivity index (χ1v) is 7.32. The molecule has 0 unspecified atom stereocenters. The van der Waals surface area contributed by atoms with Crippen LogP contribution in [0.1, 0.15) is 18.9 Å². The van der Waals surface area contributed by atoms with Gasteiger partial charge in [-0.05, 0) is 18.1 Å². The Morgan fingerprint density at radius 2 is 2.19 bits per heavy atom. The first kappa shape index (κ1) is 15.5. The molecule has 2 rings (SSSR count). The lowest BCUT2D eigenvalue weighted by Crippen LogP contribution is -2.34. The third-order valence-electron chi connectivity index (χ3n) is 3.76. The zero-order valence-corrected chi connectivity index (χ0v) is 12.6. The predicted molar refractivity (Wildman–Crippen MR) is 81.2 cm³/mol. The average molecular weight is 290 g/mol. The fourth-order valence-corrected chi connectivity index (χ4v) is 2.61. The molecule has 1 aliphatic heterocycles. The normalized spacial score (nSPS) is 18.1. The molecule has 1 fully saturated rings. The zero-order valence-electron chi connectivity index (χ0n) is 12.6.